The van der Waals surface area contributed by atoms with Gasteiger partial charge in [0.25, 0.3) is 5.91 Å². The molecule has 1 heterocycles. The maximum Gasteiger partial charge on any atom is 0.416 e. The van der Waals surface area contributed by atoms with Gasteiger partial charge >= 0.3 is 6.18 Å². The number of carbonyl (C=O) groups is 1. The number of hydrogen-bond donors (Lipinski definition) is 3. The zero-order chi connectivity index (χ0) is 21.6. The molecule has 2 aromatic rings. The molecule has 0 unspecified atom stereocenters. The van der Waals surface area contributed by atoms with Gasteiger partial charge in [0.2, 0.25) is 0 Å². The number of thiophene rings is 1. The third kappa shape index (κ3) is 5.68. The van der Waals surface area contributed by atoms with Crippen LogP contribution < -0.4 is 16.8 Å². The number of allylic oxidation sites excluding steroid dienone is 1. The smallest absolute Gasteiger partial charge is 0.404 e. The Hall–Kier alpha value is -2.65. The Morgan fingerprint density at radius 1 is 1.34 bits per heavy atom. The van der Waals surface area contributed by atoms with E-state index in [1.165, 1.54) is 35.7 Å². The number of nitrogens with one attached hydrogen (secondary N) is 1. The van der Waals surface area contributed by atoms with Crippen LogP contribution in [0.15, 0.2) is 52.5 Å². The predicted octanol–water partition coefficient (Wildman–Crippen LogP) is 3.35. The fourth-order valence-electron chi connectivity index (χ4n) is 2.88. The van der Waals surface area contributed by atoms with Gasteiger partial charge in [-0.05, 0) is 42.8 Å². The molecular formula is C20H23F3N4OS. The summed E-state index contributed by atoms with van der Waals surface area (Å²) in [6, 6.07) is 6.32. The van der Waals surface area contributed by atoms with Gasteiger partial charge in [0.1, 0.15) is 0 Å². The predicted molar refractivity (Wildman–Crippen MR) is 110 cm³/mol. The molecule has 0 bridgehead atoms. The molecular weight excluding hydrogens is 401 g/mol. The third-order valence-corrected chi connectivity index (χ3v) is 5.28. The molecule has 29 heavy (non-hydrogen) atoms. The van der Waals surface area contributed by atoms with Gasteiger partial charge in [-0.3, -0.25) is 9.79 Å². The highest BCUT2D eigenvalue weighted by Gasteiger charge is 2.33. The van der Waals surface area contributed by atoms with Crippen LogP contribution in [0.5, 0.6) is 0 Å². The third-order valence-electron chi connectivity index (χ3n) is 4.35. The van der Waals surface area contributed by atoms with E-state index in [2.05, 4.69) is 10.3 Å². The second-order valence-electron chi connectivity index (χ2n) is 6.39. The Morgan fingerprint density at radius 3 is 2.62 bits per heavy atom. The summed E-state index contributed by atoms with van der Waals surface area (Å²) in [5.74, 6) is -0.397. The maximum absolute atomic E-state index is 13.2. The first-order valence-electron chi connectivity index (χ1n) is 8.81. The van der Waals surface area contributed by atoms with E-state index in [4.69, 9.17) is 11.5 Å². The van der Waals surface area contributed by atoms with Gasteiger partial charge in [-0.25, -0.2) is 0 Å². The maximum atomic E-state index is 13.2. The average Bonchev–Trinajstić information content (AvgIpc) is 3.17. The van der Waals surface area contributed by atoms with E-state index in [1.807, 2.05) is 6.92 Å². The Bertz CT molecular complexity index is 918. The summed E-state index contributed by atoms with van der Waals surface area (Å²) >= 11 is 1.21. The number of hydrogen-bond acceptors (Lipinski definition) is 5. The molecule has 156 valence electrons. The van der Waals surface area contributed by atoms with Crippen LogP contribution in [0.1, 0.15) is 33.3 Å². The van der Waals surface area contributed by atoms with Crippen molar-refractivity contribution < 1.29 is 18.0 Å². The highest BCUT2D eigenvalue weighted by molar-refractivity contribution is 7.12. The summed E-state index contributed by atoms with van der Waals surface area (Å²) < 4.78 is 39.6. The van der Waals surface area contributed by atoms with Crippen molar-refractivity contribution in [3.8, 4) is 0 Å². The van der Waals surface area contributed by atoms with Gasteiger partial charge in [-0.15, -0.1) is 11.3 Å². The van der Waals surface area contributed by atoms with E-state index in [0.29, 0.717) is 10.6 Å². The first-order chi connectivity index (χ1) is 13.7. The van der Waals surface area contributed by atoms with Crippen LogP contribution in [0, 0.1) is 0 Å². The van der Waals surface area contributed by atoms with Crippen LogP contribution in [-0.2, 0) is 12.6 Å². The summed E-state index contributed by atoms with van der Waals surface area (Å²) in [5, 5.41) is 4.50. The molecule has 0 aliphatic heterocycles. The number of halogens is 3. The van der Waals surface area contributed by atoms with E-state index in [9.17, 15) is 18.0 Å². The highest BCUT2D eigenvalue weighted by Crippen LogP contribution is 2.32. The second kappa shape index (κ2) is 9.71. The number of nitrogens with two attached hydrogens (primary N) is 2. The zero-order valence-electron chi connectivity index (χ0n) is 16.1. The van der Waals surface area contributed by atoms with Crippen molar-refractivity contribution >= 4 is 23.0 Å². The SMILES string of the molecule is CN=C(C(C)=CN)c1csc(C(=O)N[C@H](CN)Cc2ccccc2C(F)(F)F)c1. The summed E-state index contributed by atoms with van der Waals surface area (Å²) in [7, 11) is 1.63. The Balaban J connectivity index is 2.16. The van der Waals surface area contributed by atoms with Gasteiger partial charge < -0.3 is 16.8 Å². The first-order valence-corrected chi connectivity index (χ1v) is 9.69. The topological polar surface area (TPSA) is 93.5 Å². The number of amides is 1. The van der Waals surface area contributed by atoms with E-state index in [1.54, 1.807) is 18.5 Å². The molecule has 0 saturated heterocycles. The Labute approximate surface area is 171 Å². The van der Waals surface area contributed by atoms with Gasteiger partial charge in [-0.2, -0.15) is 13.2 Å². The molecule has 0 saturated carbocycles. The molecule has 1 amide bonds. The summed E-state index contributed by atoms with van der Waals surface area (Å²) in [6.07, 6.45) is -3.05. The second-order valence-corrected chi connectivity index (χ2v) is 7.30. The lowest BCUT2D eigenvalue weighted by atomic mass is 9.99. The van der Waals surface area contributed by atoms with Crippen molar-refractivity contribution in [1.82, 2.24) is 5.32 Å². The summed E-state index contributed by atoms with van der Waals surface area (Å²) in [5.41, 5.74) is 12.8. The quantitative estimate of drug-likeness (QED) is 0.595. The molecule has 1 atom stereocenters. The minimum Gasteiger partial charge on any atom is -0.404 e. The fourth-order valence-corrected chi connectivity index (χ4v) is 3.68. The lowest BCUT2D eigenvalue weighted by molar-refractivity contribution is -0.138. The van der Waals surface area contributed by atoms with Crippen molar-refractivity contribution in [2.45, 2.75) is 25.6 Å². The normalized spacial score (nSPS) is 14.0. The largest absolute Gasteiger partial charge is 0.416 e. The van der Waals surface area contributed by atoms with Crippen LogP contribution >= 0.6 is 11.3 Å². The van der Waals surface area contributed by atoms with Gasteiger partial charge in [-0.1, -0.05) is 18.2 Å². The molecule has 2 rings (SSSR count). The average molecular weight is 424 g/mol. The Morgan fingerprint density at radius 2 is 2.03 bits per heavy atom. The van der Waals surface area contributed by atoms with Crippen molar-refractivity contribution in [3.05, 3.63) is 69.1 Å². The molecule has 1 aromatic heterocycles. The highest BCUT2D eigenvalue weighted by atomic mass is 32.1. The van der Waals surface area contributed by atoms with Crippen molar-refractivity contribution in [2.24, 2.45) is 16.5 Å². The van der Waals surface area contributed by atoms with Gasteiger partial charge in [0, 0.05) is 30.6 Å². The van der Waals surface area contributed by atoms with Gasteiger partial charge in [0.15, 0.2) is 0 Å². The van der Waals surface area contributed by atoms with Crippen LogP contribution in [0.3, 0.4) is 0 Å². The van der Waals surface area contributed by atoms with Gasteiger partial charge in [0.05, 0.1) is 16.2 Å². The molecule has 9 heteroatoms. The van der Waals surface area contributed by atoms with E-state index >= 15 is 0 Å². The summed E-state index contributed by atoms with van der Waals surface area (Å²) in [6.45, 7) is 1.81. The molecule has 0 aliphatic carbocycles. The minimum absolute atomic E-state index is 0.00680. The lowest BCUT2D eigenvalue weighted by Crippen LogP contribution is -2.41. The number of alkyl halides is 3. The van der Waals surface area contributed by atoms with Crippen molar-refractivity contribution in [3.63, 3.8) is 0 Å². The first kappa shape index (κ1) is 22.6. The molecule has 1 aromatic carbocycles. The van der Waals surface area contributed by atoms with E-state index in [-0.39, 0.29) is 18.5 Å². The Kier molecular flexibility index (Phi) is 7.58. The van der Waals surface area contributed by atoms with Crippen LogP contribution in [0.4, 0.5) is 13.2 Å². The van der Waals surface area contributed by atoms with Crippen LogP contribution in [0.2, 0.25) is 0 Å². The number of rotatable bonds is 7. The monoisotopic (exact) mass is 424 g/mol. The number of benzene rings is 1. The molecule has 5 N–H and O–H groups in total. The van der Waals surface area contributed by atoms with Crippen molar-refractivity contribution in [1.29, 1.82) is 0 Å². The van der Waals surface area contributed by atoms with Crippen LogP contribution in [-0.4, -0.2) is 31.3 Å². The summed E-state index contributed by atoms with van der Waals surface area (Å²) in [4.78, 5) is 17.2. The standard InChI is InChI=1S/C20H23F3N4OS/c1-12(9-24)18(26-2)14-8-17(29-11-14)19(28)27-15(10-25)7-13-5-3-4-6-16(13)20(21,22)23/h3-6,8-9,11,15H,7,10,24-25H2,1-2H3,(H,27,28)/t15-/m0/s1. The molecule has 0 radical (unpaired) electrons. The molecule has 0 fully saturated rings. The number of aliphatic imine (C=N–C) groups is 1. The molecule has 5 nitrogen and oxygen atoms in total. The number of nitrogens with zero attached hydrogens (tertiary/aromatic N) is 1. The van der Waals surface area contributed by atoms with E-state index < -0.39 is 23.7 Å². The van der Waals surface area contributed by atoms with Crippen molar-refractivity contribution in [2.75, 3.05) is 13.6 Å². The minimum atomic E-state index is -4.47. The lowest BCUT2D eigenvalue weighted by Gasteiger charge is -2.19. The number of carbonyl (C=O) groups excluding carboxylic acids is 1. The van der Waals surface area contributed by atoms with Crippen LogP contribution in [0.25, 0.3) is 0 Å². The van der Waals surface area contributed by atoms with E-state index in [0.717, 1.165) is 17.2 Å². The molecule has 0 aliphatic rings. The fraction of sp³-hybridized carbons (Fsp3) is 0.300. The molecule has 0 spiro atoms. The zero-order valence-corrected chi connectivity index (χ0v) is 16.9.